The van der Waals surface area contributed by atoms with E-state index in [2.05, 4.69) is 18.9 Å². The van der Waals surface area contributed by atoms with Crippen LogP contribution in [0.3, 0.4) is 0 Å². The van der Waals surface area contributed by atoms with E-state index in [9.17, 15) is 4.79 Å². The maximum atomic E-state index is 12.6. The quantitative estimate of drug-likeness (QED) is 0.798. The SMILES string of the molecule is Cc1nn(CC(C)C)c(Cl)c1/C=C1\C(=O)N(C)c2ccccc21. The molecule has 1 aliphatic rings. The Kier molecular flexibility index (Phi) is 4.02. The van der Waals surface area contributed by atoms with Gasteiger partial charge in [-0.25, -0.2) is 0 Å². The van der Waals surface area contributed by atoms with Gasteiger partial charge in [-0.05, 0) is 25.0 Å². The summed E-state index contributed by atoms with van der Waals surface area (Å²) < 4.78 is 1.81. The summed E-state index contributed by atoms with van der Waals surface area (Å²) in [5, 5.41) is 5.09. The summed E-state index contributed by atoms with van der Waals surface area (Å²) in [4.78, 5) is 14.2. The third-order valence-electron chi connectivity index (χ3n) is 4.03. The molecule has 1 aromatic heterocycles. The molecule has 1 aromatic carbocycles. The van der Waals surface area contributed by atoms with Crippen LogP contribution in [0.25, 0.3) is 11.6 Å². The highest BCUT2D eigenvalue weighted by atomic mass is 35.5. The molecule has 0 fully saturated rings. The van der Waals surface area contributed by atoms with E-state index in [-0.39, 0.29) is 5.91 Å². The van der Waals surface area contributed by atoms with Crippen LogP contribution in [-0.2, 0) is 11.3 Å². The van der Waals surface area contributed by atoms with Crippen molar-refractivity contribution in [3.8, 4) is 0 Å². The zero-order valence-electron chi connectivity index (χ0n) is 13.8. The third kappa shape index (κ3) is 2.68. The van der Waals surface area contributed by atoms with Crippen LogP contribution < -0.4 is 4.90 Å². The second-order valence-corrected chi connectivity index (χ2v) is 6.66. The van der Waals surface area contributed by atoms with Crippen molar-refractivity contribution < 1.29 is 4.79 Å². The van der Waals surface area contributed by atoms with Gasteiger partial charge < -0.3 is 4.90 Å². The Labute approximate surface area is 141 Å². The van der Waals surface area contributed by atoms with Crippen molar-refractivity contribution in [2.24, 2.45) is 5.92 Å². The van der Waals surface area contributed by atoms with E-state index in [0.29, 0.717) is 16.6 Å². The van der Waals surface area contributed by atoms with Crippen LogP contribution in [0, 0.1) is 12.8 Å². The van der Waals surface area contributed by atoms with Gasteiger partial charge in [-0.2, -0.15) is 5.10 Å². The van der Waals surface area contributed by atoms with E-state index in [1.54, 1.807) is 11.9 Å². The van der Waals surface area contributed by atoms with E-state index < -0.39 is 0 Å². The molecule has 0 unspecified atom stereocenters. The molecule has 1 amide bonds. The molecular formula is C18H20ClN3O. The number of benzene rings is 1. The minimum Gasteiger partial charge on any atom is -0.311 e. The molecule has 0 bridgehead atoms. The number of rotatable bonds is 3. The smallest absolute Gasteiger partial charge is 0.258 e. The zero-order chi connectivity index (χ0) is 16.7. The molecule has 0 atom stereocenters. The number of amides is 1. The van der Waals surface area contributed by atoms with Gasteiger partial charge in [-0.3, -0.25) is 9.48 Å². The van der Waals surface area contributed by atoms with Crippen LogP contribution in [0.2, 0.25) is 5.15 Å². The fourth-order valence-electron chi connectivity index (χ4n) is 2.88. The fourth-order valence-corrected chi connectivity index (χ4v) is 3.18. The maximum Gasteiger partial charge on any atom is 0.258 e. The lowest BCUT2D eigenvalue weighted by molar-refractivity contribution is -0.112. The number of hydrogen-bond acceptors (Lipinski definition) is 2. The first-order chi connectivity index (χ1) is 10.9. The Bertz CT molecular complexity index is 805. The van der Waals surface area contributed by atoms with Crippen molar-refractivity contribution in [2.45, 2.75) is 27.3 Å². The number of likely N-dealkylation sites (N-methyl/N-ethyl adjacent to an activating group) is 1. The number of carbonyl (C=O) groups excluding carboxylic acids is 1. The number of aromatic nitrogens is 2. The molecule has 0 spiro atoms. The minimum absolute atomic E-state index is 0.0155. The Balaban J connectivity index is 2.09. The molecule has 3 rings (SSSR count). The van der Waals surface area contributed by atoms with Crippen LogP contribution in [0.15, 0.2) is 24.3 Å². The van der Waals surface area contributed by atoms with Gasteiger partial charge in [0.2, 0.25) is 0 Å². The topological polar surface area (TPSA) is 38.1 Å². The molecule has 120 valence electrons. The zero-order valence-corrected chi connectivity index (χ0v) is 14.6. The lowest BCUT2D eigenvalue weighted by atomic mass is 10.0. The van der Waals surface area contributed by atoms with Crippen molar-refractivity contribution >= 4 is 34.8 Å². The molecule has 4 nitrogen and oxygen atoms in total. The second-order valence-electron chi connectivity index (χ2n) is 6.31. The molecule has 1 aliphatic heterocycles. The van der Waals surface area contributed by atoms with E-state index in [4.69, 9.17) is 11.6 Å². The molecule has 5 heteroatoms. The Hall–Kier alpha value is -2.07. The summed E-state index contributed by atoms with van der Waals surface area (Å²) in [7, 11) is 1.79. The van der Waals surface area contributed by atoms with Gasteiger partial charge in [-0.1, -0.05) is 43.6 Å². The second kappa shape index (κ2) is 5.85. The van der Waals surface area contributed by atoms with E-state index in [0.717, 1.165) is 29.1 Å². The summed E-state index contributed by atoms with van der Waals surface area (Å²) in [6.45, 7) is 6.92. The number of hydrogen-bond donors (Lipinski definition) is 0. The Morgan fingerprint density at radius 3 is 2.70 bits per heavy atom. The number of aryl methyl sites for hydroxylation is 1. The fraction of sp³-hybridized carbons (Fsp3) is 0.333. The Morgan fingerprint density at radius 2 is 2.00 bits per heavy atom. The monoisotopic (exact) mass is 329 g/mol. The largest absolute Gasteiger partial charge is 0.311 e. The molecule has 0 aliphatic carbocycles. The number of fused-ring (bicyclic) bond motifs is 1. The van der Waals surface area contributed by atoms with Gasteiger partial charge in [0.05, 0.1) is 11.4 Å². The molecule has 0 N–H and O–H groups in total. The Morgan fingerprint density at radius 1 is 1.30 bits per heavy atom. The van der Waals surface area contributed by atoms with Crippen LogP contribution >= 0.6 is 11.6 Å². The number of para-hydroxylation sites is 1. The minimum atomic E-state index is -0.0155. The predicted octanol–water partition coefficient (Wildman–Crippen LogP) is 4.02. The molecule has 2 aromatic rings. The van der Waals surface area contributed by atoms with Crippen molar-refractivity contribution in [3.05, 3.63) is 46.2 Å². The van der Waals surface area contributed by atoms with Gasteiger partial charge >= 0.3 is 0 Å². The molecular weight excluding hydrogens is 310 g/mol. The summed E-state index contributed by atoms with van der Waals surface area (Å²) in [6.07, 6.45) is 1.87. The van der Waals surface area contributed by atoms with Gasteiger partial charge in [0.1, 0.15) is 5.15 Å². The predicted molar refractivity (Wildman–Crippen MR) is 94.5 cm³/mol. The standard InChI is InChI=1S/C18H20ClN3O/c1-11(2)10-22-17(19)14(12(3)20-22)9-15-13-7-5-6-8-16(13)21(4)18(15)23/h5-9,11H,10H2,1-4H3/b15-9-. The van der Waals surface area contributed by atoms with E-state index >= 15 is 0 Å². The first-order valence-corrected chi connectivity index (χ1v) is 8.10. The molecule has 0 radical (unpaired) electrons. The van der Waals surface area contributed by atoms with Gasteiger partial charge in [0.15, 0.2) is 0 Å². The van der Waals surface area contributed by atoms with Crippen molar-refractivity contribution in [3.63, 3.8) is 0 Å². The van der Waals surface area contributed by atoms with Crippen LogP contribution in [-0.4, -0.2) is 22.7 Å². The highest BCUT2D eigenvalue weighted by molar-refractivity contribution is 6.37. The summed E-state index contributed by atoms with van der Waals surface area (Å²) >= 11 is 6.49. The molecule has 23 heavy (non-hydrogen) atoms. The van der Waals surface area contributed by atoms with E-state index in [1.807, 2.05) is 41.9 Å². The van der Waals surface area contributed by atoms with Gasteiger partial charge in [0, 0.05) is 30.3 Å². The summed E-state index contributed by atoms with van der Waals surface area (Å²) in [6, 6.07) is 7.79. The summed E-state index contributed by atoms with van der Waals surface area (Å²) in [5.41, 5.74) is 4.18. The number of nitrogens with zero attached hydrogens (tertiary/aromatic N) is 3. The number of carbonyl (C=O) groups is 1. The van der Waals surface area contributed by atoms with Crippen LogP contribution in [0.4, 0.5) is 5.69 Å². The first kappa shape index (κ1) is 15.8. The first-order valence-electron chi connectivity index (χ1n) is 7.72. The molecule has 2 heterocycles. The van der Waals surface area contributed by atoms with Gasteiger partial charge in [0.25, 0.3) is 5.91 Å². The maximum absolute atomic E-state index is 12.6. The van der Waals surface area contributed by atoms with Gasteiger partial charge in [-0.15, -0.1) is 0 Å². The van der Waals surface area contributed by atoms with Crippen molar-refractivity contribution in [1.29, 1.82) is 0 Å². The molecule has 0 saturated heterocycles. The number of anilines is 1. The highest BCUT2D eigenvalue weighted by Crippen LogP contribution is 2.37. The van der Waals surface area contributed by atoms with Crippen molar-refractivity contribution in [1.82, 2.24) is 9.78 Å². The number of halogens is 1. The normalized spacial score (nSPS) is 15.8. The van der Waals surface area contributed by atoms with E-state index in [1.165, 1.54) is 0 Å². The lowest BCUT2D eigenvalue weighted by Crippen LogP contribution is -2.20. The van der Waals surface area contributed by atoms with Crippen LogP contribution in [0.5, 0.6) is 0 Å². The van der Waals surface area contributed by atoms with Crippen LogP contribution in [0.1, 0.15) is 30.7 Å². The third-order valence-corrected chi connectivity index (χ3v) is 4.43. The van der Waals surface area contributed by atoms with Crippen molar-refractivity contribution in [2.75, 3.05) is 11.9 Å². The average molecular weight is 330 g/mol. The average Bonchev–Trinajstić information content (AvgIpc) is 2.90. The lowest BCUT2D eigenvalue weighted by Gasteiger charge is -2.08. The molecule has 0 saturated carbocycles. The highest BCUT2D eigenvalue weighted by Gasteiger charge is 2.29. The summed E-state index contributed by atoms with van der Waals surface area (Å²) in [5.74, 6) is 0.436.